The van der Waals surface area contributed by atoms with Crippen molar-refractivity contribution in [3.8, 4) is 5.75 Å². The first kappa shape index (κ1) is 15.9. The minimum atomic E-state index is -2.95. The zero-order chi connectivity index (χ0) is 16.4. The number of benzene rings is 1. The van der Waals surface area contributed by atoms with Crippen LogP contribution in [0.5, 0.6) is 5.75 Å². The molecular formula is C17H17F2NO2S. The van der Waals surface area contributed by atoms with Crippen LogP contribution in [0.1, 0.15) is 40.2 Å². The zero-order valence-corrected chi connectivity index (χ0v) is 13.5. The number of ether oxygens (including phenoxy) is 1. The van der Waals surface area contributed by atoms with Crippen LogP contribution in [0.4, 0.5) is 8.78 Å². The summed E-state index contributed by atoms with van der Waals surface area (Å²) < 4.78 is 29.6. The van der Waals surface area contributed by atoms with Gasteiger partial charge in [0.25, 0.3) is 5.91 Å². The number of amides is 1. The van der Waals surface area contributed by atoms with E-state index in [2.05, 4.69) is 10.8 Å². The Balaban J connectivity index is 1.92. The summed E-state index contributed by atoms with van der Waals surface area (Å²) in [5.41, 5.74) is 1.36. The van der Waals surface area contributed by atoms with E-state index in [0.29, 0.717) is 6.54 Å². The fourth-order valence-electron chi connectivity index (χ4n) is 3.08. The molecule has 23 heavy (non-hydrogen) atoms. The van der Waals surface area contributed by atoms with Crippen LogP contribution in [0, 0.1) is 0 Å². The maximum absolute atomic E-state index is 12.9. The van der Waals surface area contributed by atoms with Gasteiger partial charge in [-0.3, -0.25) is 4.79 Å². The van der Waals surface area contributed by atoms with E-state index in [1.807, 2.05) is 12.3 Å². The van der Waals surface area contributed by atoms with Crippen molar-refractivity contribution in [1.29, 1.82) is 0 Å². The van der Waals surface area contributed by atoms with Gasteiger partial charge in [-0.15, -0.1) is 11.3 Å². The third kappa shape index (κ3) is 3.08. The summed E-state index contributed by atoms with van der Waals surface area (Å²) in [5, 5.41) is 2.04. The van der Waals surface area contributed by atoms with Crippen LogP contribution in [-0.2, 0) is 6.42 Å². The summed E-state index contributed by atoms with van der Waals surface area (Å²) in [6.45, 7) is -0.330. The molecular weight excluding hydrogens is 320 g/mol. The third-order valence-electron chi connectivity index (χ3n) is 4.08. The number of carbonyl (C=O) groups is 1. The number of thiophene rings is 1. The molecule has 0 saturated carbocycles. The average molecular weight is 337 g/mol. The highest BCUT2D eigenvalue weighted by atomic mass is 32.1. The Morgan fingerprint density at radius 1 is 1.39 bits per heavy atom. The molecule has 3 nitrogen and oxygen atoms in total. The molecule has 6 heteroatoms. The van der Waals surface area contributed by atoms with Crippen LogP contribution in [0.15, 0.2) is 35.7 Å². The molecule has 122 valence electrons. The van der Waals surface area contributed by atoms with Gasteiger partial charge in [-0.05, 0) is 42.0 Å². The van der Waals surface area contributed by atoms with Gasteiger partial charge < -0.3 is 9.64 Å². The van der Waals surface area contributed by atoms with Crippen LogP contribution < -0.4 is 4.74 Å². The van der Waals surface area contributed by atoms with Crippen LogP contribution in [0.2, 0.25) is 0 Å². The maximum atomic E-state index is 12.9. The van der Waals surface area contributed by atoms with E-state index in [1.165, 1.54) is 22.6 Å². The molecule has 0 N–H and O–H groups in total. The first-order valence-corrected chi connectivity index (χ1v) is 8.40. The molecule has 0 spiro atoms. The van der Waals surface area contributed by atoms with Gasteiger partial charge in [0.15, 0.2) is 0 Å². The zero-order valence-electron chi connectivity index (χ0n) is 12.7. The molecule has 0 aliphatic carbocycles. The maximum Gasteiger partial charge on any atom is 0.387 e. The van der Waals surface area contributed by atoms with Gasteiger partial charge in [-0.25, -0.2) is 0 Å². The molecule has 1 atom stereocenters. The normalized spacial score (nSPS) is 17.2. The quantitative estimate of drug-likeness (QED) is 0.822. The van der Waals surface area contributed by atoms with Gasteiger partial charge in [-0.2, -0.15) is 8.78 Å². The molecule has 1 aliphatic rings. The second kappa shape index (κ2) is 6.66. The fraction of sp³-hybridized carbons (Fsp3) is 0.353. The fourth-order valence-corrected chi connectivity index (χ4v) is 4.00. The molecule has 1 aromatic carbocycles. The Hall–Kier alpha value is -1.95. The Morgan fingerprint density at radius 2 is 2.17 bits per heavy atom. The van der Waals surface area contributed by atoms with Crippen molar-refractivity contribution >= 4 is 17.2 Å². The van der Waals surface area contributed by atoms with E-state index in [9.17, 15) is 13.6 Å². The van der Waals surface area contributed by atoms with Crippen molar-refractivity contribution in [2.75, 3.05) is 6.54 Å². The van der Waals surface area contributed by atoms with E-state index in [1.54, 1.807) is 28.4 Å². The molecule has 2 aromatic rings. The molecule has 2 heterocycles. The predicted molar refractivity (Wildman–Crippen MR) is 85.2 cm³/mol. The SMILES string of the molecule is CCC1c2ccsc2CCN1C(=O)c1ccccc1OC(F)F. The highest BCUT2D eigenvalue weighted by molar-refractivity contribution is 7.10. The van der Waals surface area contributed by atoms with E-state index in [-0.39, 0.29) is 23.3 Å². The monoisotopic (exact) mass is 337 g/mol. The van der Waals surface area contributed by atoms with E-state index in [0.717, 1.165) is 12.8 Å². The number of fused-ring (bicyclic) bond motifs is 1. The number of carbonyl (C=O) groups excluding carboxylic acids is 1. The van der Waals surface area contributed by atoms with Gasteiger partial charge in [0.2, 0.25) is 0 Å². The summed E-state index contributed by atoms with van der Waals surface area (Å²) >= 11 is 1.70. The lowest BCUT2D eigenvalue weighted by atomic mass is 9.96. The minimum Gasteiger partial charge on any atom is -0.434 e. The summed E-state index contributed by atoms with van der Waals surface area (Å²) in [6.07, 6.45) is 1.58. The van der Waals surface area contributed by atoms with Gasteiger partial charge in [0.1, 0.15) is 5.75 Å². The van der Waals surface area contributed by atoms with Crippen LogP contribution in [-0.4, -0.2) is 24.0 Å². The topological polar surface area (TPSA) is 29.5 Å². The summed E-state index contributed by atoms with van der Waals surface area (Å²) in [7, 11) is 0. The molecule has 3 rings (SSSR count). The molecule has 0 saturated heterocycles. The number of hydrogen-bond acceptors (Lipinski definition) is 3. The average Bonchev–Trinajstić information content (AvgIpc) is 3.01. The van der Waals surface area contributed by atoms with Gasteiger partial charge >= 0.3 is 6.61 Å². The van der Waals surface area contributed by atoms with Crippen molar-refractivity contribution in [3.63, 3.8) is 0 Å². The lowest BCUT2D eigenvalue weighted by Crippen LogP contribution is -2.39. The van der Waals surface area contributed by atoms with E-state index >= 15 is 0 Å². The summed E-state index contributed by atoms with van der Waals surface area (Å²) in [6, 6.07) is 8.22. The summed E-state index contributed by atoms with van der Waals surface area (Å²) in [4.78, 5) is 16.0. The van der Waals surface area contributed by atoms with E-state index in [4.69, 9.17) is 0 Å². The van der Waals surface area contributed by atoms with Crippen LogP contribution in [0.3, 0.4) is 0 Å². The molecule has 0 bridgehead atoms. The lowest BCUT2D eigenvalue weighted by molar-refractivity contribution is -0.0503. The minimum absolute atomic E-state index is 0.0166. The second-order valence-electron chi connectivity index (χ2n) is 5.35. The van der Waals surface area contributed by atoms with Gasteiger partial charge in [-0.1, -0.05) is 19.1 Å². The Bertz CT molecular complexity index is 701. The lowest BCUT2D eigenvalue weighted by Gasteiger charge is -2.35. The van der Waals surface area contributed by atoms with Gasteiger partial charge in [0, 0.05) is 11.4 Å². The van der Waals surface area contributed by atoms with Crippen LogP contribution >= 0.6 is 11.3 Å². The predicted octanol–water partition coefficient (Wildman–Crippen LogP) is 4.50. The van der Waals surface area contributed by atoms with Crippen molar-refractivity contribution in [2.24, 2.45) is 0 Å². The largest absolute Gasteiger partial charge is 0.434 e. The number of hydrogen-bond donors (Lipinski definition) is 0. The van der Waals surface area contributed by atoms with Crippen LogP contribution in [0.25, 0.3) is 0 Å². The Morgan fingerprint density at radius 3 is 2.91 bits per heavy atom. The molecule has 1 aromatic heterocycles. The highest BCUT2D eigenvalue weighted by Gasteiger charge is 2.32. The first-order chi connectivity index (χ1) is 11.1. The summed E-state index contributed by atoms with van der Waals surface area (Å²) in [5.74, 6) is -0.330. The molecule has 1 aliphatic heterocycles. The van der Waals surface area contributed by atoms with Crippen molar-refractivity contribution in [1.82, 2.24) is 4.90 Å². The first-order valence-electron chi connectivity index (χ1n) is 7.53. The number of halogens is 2. The number of para-hydroxylation sites is 1. The third-order valence-corrected chi connectivity index (χ3v) is 5.07. The molecule has 1 unspecified atom stereocenters. The molecule has 1 amide bonds. The smallest absolute Gasteiger partial charge is 0.387 e. The van der Waals surface area contributed by atoms with Crippen molar-refractivity contribution in [2.45, 2.75) is 32.4 Å². The Kier molecular flexibility index (Phi) is 4.61. The number of alkyl halides is 2. The highest BCUT2D eigenvalue weighted by Crippen LogP contribution is 2.37. The van der Waals surface area contributed by atoms with Crippen molar-refractivity contribution < 1.29 is 18.3 Å². The van der Waals surface area contributed by atoms with E-state index < -0.39 is 6.61 Å². The molecule has 0 radical (unpaired) electrons. The molecule has 0 fully saturated rings. The number of rotatable bonds is 4. The Labute approximate surface area is 137 Å². The number of nitrogens with zero attached hydrogens (tertiary/aromatic N) is 1. The van der Waals surface area contributed by atoms with Gasteiger partial charge in [0.05, 0.1) is 11.6 Å². The standard InChI is InChI=1S/C17H17F2NO2S/c1-2-13-11-8-10-23-15(11)7-9-20(13)16(21)12-5-3-4-6-14(12)22-17(18)19/h3-6,8,10,13,17H,2,7,9H2,1H3. The second-order valence-corrected chi connectivity index (χ2v) is 6.35. The van der Waals surface area contributed by atoms with Crippen molar-refractivity contribution in [3.05, 3.63) is 51.7 Å².